The minimum absolute atomic E-state index is 0.569. The van der Waals surface area contributed by atoms with Crippen LogP contribution < -0.4 is 10.1 Å². The molecule has 0 bridgehead atoms. The summed E-state index contributed by atoms with van der Waals surface area (Å²) in [5, 5.41) is 4.15. The van der Waals surface area contributed by atoms with Crippen LogP contribution in [0.5, 0.6) is 5.75 Å². The monoisotopic (exact) mass is 226 g/mol. The van der Waals surface area contributed by atoms with E-state index in [1.165, 1.54) is 0 Å². The Morgan fingerprint density at radius 3 is 3.12 bits per heavy atom. The van der Waals surface area contributed by atoms with Crippen molar-refractivity contribution in [3.8, 4) is 18.1 Å². The van der Waals surface area contributed by atoms with E-state index in [9.17, 15) is 0 Å². The van der Waals surface area contributed by atoms with Crippen molar-refractivity contribution in [2.45, 2.75) is 0 Å². The van der Waals surface area contributed by atoms with Crippen LogP contribution in [0.1, 0.15) is 0 Å². The van der Waals surface area contributed by atoms with E-state index in [4.69, 9.17) is 11.2 Å². The van der Waals surface area contributed by atoms with Crippen LogP contribution in [0.2, 0.25) is 0 Å². The fourth-order valence-electron chi connectivity index (χ4n) is 1.53. The van der Waals surface area contributed by atoms with Crippen molar-refractivity contribution in [1.82, 2.24) is 10.3 Å². The number of nitrogens with one attached hydrogen (secondary N) is 1. The van der Waals surface area contributed by atoms with Crippen LogP contribution in [0, 0.1) is 12.3 Å². The molecule has 1 N–H and O–H groups in total. The first-order chi connectivity index (χ1) is 8.40. The molecule has 0 radical (unpaired) electrons. The van der Waals surface area contributed by atoms with Crippen molar-refractivity contribution in [2.24, 2.45) is 0 Å². The van der Waals surface area contributed by atoms with Crippen LogP contribution in [0.4, 0.5) is 0 Å². The largest absolute Gasteiger partial charge is 0.491 e. The molecule has 0 spiro atoms. The van der Waals surface area contributed by atoms with Gasteiger partial charge in [0.1, 0.15) is 12.4 Å². The third-order valence-corrected chi connectivity index (χ3v) is 2.34. The van der Waals surface area contributed by atoms with E-state index in [1.807, 2.05) is 30.3 Å². The zero-order valence-corrected chi connectivity index (χ0v) is 9.52. The second kappa shape index (κ2) is 5.88. The summed E-state index contributed by atoms with van der Waals surface area (Å²) in [6.07, 6.45) is 6.86. The number of rotatable bonds is 5. The Bertz CT molecular complexity index is 531. The van der Waals surface area contributed by atoms with Crippen LogP contribution in [0.15, 0.2) is 36.5 Å². The number of ether oxygens (including phenoxy) is 1. The topological polar surface area (TPSA) is 34.1 Å². The van der Waals surface area contributed by atoms with Crippen molar-refractivity contribution in [2.75, 3.05) is 19.7 Å². The lowest BCUT2D eigenvalue weighted by Gasteiger charge is -2.06. The Hall–Kier alpha value is -2.05. The number of fused-ring (bicyclic) bond motifs is 1. The Morgan fingerprint density at radius 1 is 1.35 bits per heavy atom. The zero-order valence-electron chi connectivity index (χ0n) is 9.52. The number of benzene rings is 1. The maximum atomic E-state index is 5.57. The van der Waals surface area contributed by atoms with Gasteiger partial charge in [0.15, 0.2) is 0 Å². The van der Waals surface area contributed by atoms with Gasteiger partial charge in [-0.25, -0.2) is 0 Å². The van der Waals surface area contributed by atoms with Crippen molar-refractivity contribution >= 4 is 10.9 Å². The van der Waals surface area contributed by atoms with Gasteiger partial charge in [0, 0.05) is 11.9 Å². The highest BCUT2D eigenvalue weighted by molar-refractivity contribution is 5.79. The summed E-state index contributed by atoms with van der Waals surface area (Å²) >= 11 is 0. The van der Waals surface area contributed by atoms with Gasteiger partial charge in [0.2, 0.25) is 0 Å². The van der Waals surface area contributed by atoms with Crippen LogP contribution in [0.3, 0.4) is 0 Å². The molecule has 0 aliphatic rings. The van der Waals surface area contributed by atoms with Crippen molar-refractivity contribution < 1.29 is 4.74 Å². The fraction of sp³-hybridized carbons (Fsp3) is 0.214. The molecule has 0 aliphatic heterocycles. The third-order valence-electron chi connectivity index (χ3n) is 2.34. The second-order valence-electron chi connectivity index (χ2n) is 3.59. The lowest BCUT2D eigenvalue weighted by molar-refractivity contribution is 0.316. The molecule has 0 fully saturated rings. The molecule has 0 unspecified atom stereocenters. The zero-order chi connectivity index (χ0) is 11.9. The van der Waals surface area contributed by atoms with E-state index in [-0.39, 0.29) is 0 Å². The molecule has 0 amide bonds. The molecule has 0 saturated carbocycles. The number of terminal acetylenes is 1. The SMILES string of the molecule is C#CCNCCOc1cnc2ccccc2c1. The molecule has 1 aromatic carbocycles. The Balaban J connectivity index is 1.93. The number of pyridine rings is 1. The van der Waals surface area contributed by atoms with Gasteiger partial charge in [-0.15, -0.1) is 6.42 Å². The fourth-order valence-corrected chi connectivity index (χ4v) is 1.53. The van der Waals surface area contributed by atoms with E-state index in [1.54, 1.807) is 6.20 Å². The first kappa shape index (κ1) is 11.4. The summed E-state index contributed by atoms with van der Waals surface area (Å²) in [5.74, 6) is 3.30. The summed E-state index contributed by atoms with van der Waals surface area (Å²) in [5.41, 5.74) is 0.977. The van der Waals surface area contributed by atoms with Gasteiger partial charge in [-0.1, -0.05) is 24.1 Å². The third kappa shape index (κ3) is 3.20. The predicted molar refractivity (Wildman–Crippen MR) is 68.9 cm³/mol. The lowest BCUT2D eigenvalue weighted by Crippen LogP contribution is -2.21. The first-order valence-corrected chi connectivity index (χ1v) is 5.52. The normalized spacial score (nSPS) is 10.1. The van der Waals surface area contributed by atoms with Crippen LogP contribution in [0.25, 0.3) is 10.9 Å². The highest BCUT2D eigenvalue weighted by atomic mass is 16.5. The van der Waals surface area contributed by atoms with E-state index in [0.29, 0.717) is 13.2 Å². The molecule has 86 valence electrons. The van der Waals surface area contributed by atoms with Gasteiger partial charge in [-0.3, -0.25) is 4.98 Å². The number of para-hydroxylation sites is 1. The van der Waals surface area contributed by atoms with Crippen molar-refractivity contribution in [3.05, 3.63) is 36.5 Å². The highest BCUT2D eigenvalue weighted by Crippen LogP contribution is 2.17. The van der Waals surface area contributed by atoms with Gasteiger partial charge in [0.05, 0.1) is 18.3 Å². The maximum absolute atomic E-state index is 5.57. The highest BCUT2D eigenvalue weighted by Gasteiger charge is 1.97. The average Bonchev–Trinajstić information content (AvgIpc) is 2.38. The number of aromatic nitrogens is 1. The Morgan fingerprint density at radius 2 is 2.24 bits per heavy atom. The van der Waals surface area contributed by atoms with Crippen LogP contribution in [-0.4, -0.2) is 24.7 Å². The second-order valence-corrected chi connectivity index (χ2v) is 3.59. The molecule has 3 heteroatoms. The van der Waals surface area contributed by atoms with Gasteiger partial charge in [-0.2, -0.15) is 0 Å². The summed E-state index contributed by atoms with van der Waals surface area (Å²) in [7, 11) is 0. The minimum atomic E-state index is 0.569. The molecule has 1 heterocycles. The van der Waals surface area contributed by atoms with Gasteiger partial charge in [-0.05, 0) is 12.1 Å². The standard InChI is InChI=1S/C14H14N2O/c1-2-7-15-8-9-17-13-10-12-5-3-4-6-14(12)16-11-13/h1,3-6,10-11,15H,7-9H2. The number of hydrogen-bond acceptors (Lipinski definition) is 3. The summed E-state index contributed by atoms with van der Waals surface area (Å²) < 4.78 is 5.57. The average molecular weight is 226 g/mol. The quantitative estimate of drug-likeness (QED) is 0.624. The molecule has 2 aromatic rings. The predicted octanol–water partition coefficient (Wildman–Crippen LogP) is 1.84. The Labute approximate surface area is 101 Å². The summed E-state index contributed by atoms with van der Waals surface area (Å²) in [4.78, 5) is 4.32. The summed E-state index contributed by atoms with van der Waals surface area (Å²) in [6, 6.07) is 9.95. The minimum Gasteiger partial charge on any atom is -0.491 e. The Kier molecular flexibility index (Phi) is 3.95. The molecular weight excluding hydrogens is 212 g/mol. The van der Waals surface area contributed by atoms with Crippen LogP contribution in [-0.2, 0) is 0 Å². The molecule has 3 nitrogen and oxygen atoms in total. The molecular formula is C14H14N2O. The summed E-state index contributed by atoms with van der Waals surface area (Å²) in [6.45, 7) is 1.89. The number of hydrogen-bond donors (Lipinski definition) is 1. The molecule has 1 aromatic heterocycles. The molecule has 2 rings (SSSR count). The molecule has 0 aliphatic carbocycles. The van der Waals surface area contributed by atoms with E-state index in [2.05, 4.69) is 16.2 Å². The van der Waals surface area contributed by atoms with Crippen molar-refractivity contribution in [1.29, 1.82) is 0 Å². The lowest BCUT2D eigenvalue weighted by atomic mass is 10.2. The van der Waals surface area contributed by atoms with E-state index >= 15 is 0 Å². The van der Waals surface area contributed by atoms with Gasteiger partial charge in [0.25, 0.3) is 0 Å². The molecule has 0 atom stereocenters. The van der Waals surface area contributed by atoms with E-state index in [0.717, 1.165) is 23.2 Å². The maximum Gasteiger partial charge on any atom is 0.138 e. The first-order valence-electron chi connectivity index (χ1n) is 5.52. The molecule has 17 heavy (non-hydrogen) atoms. The number of nitrogens with zero attached hydrogens (tertiary/aromatic N) is 1. The smallest absolute Gasteiger partial charge is 0.138 e. The van der Waals surface area contributed by atoms with Crippen LogP contribution >= 0.6 is 0 Å². The van der Waals surface area contributed by atoms with Crippen molar-refractivity contribution in [3.63, 3.8) is 0 Å². The van der Waals surface area contributed by atoms with E-state index < -0.39 is 0 Å². The molecule has 0 saturated heterocycles. The van der Waals surface area contributed by atoms with Gasteiger partial charge >= 0.3 is 0 Å². The van der Waals surface area contributed by atoms with Gasteiger partial charge < -0.3 is 10.1 Å².